The summed E-state index contributed by atoms with van der Waals surface area (Å²) < 4.78 is 23.3. The fourth-order valence-electron chi connectivity index (χ4n) is 1.83. The highest BCUT2D eigenvalue weighted by molar-refractivity contribution is 5.90. The first kappa shape index (κ1) is 17.5. The number of pyridine rings is 1. The van der Waals surface area contributed by atoms with E-state index in [2.05, 4.69) is 15.6 Å². The normalized spacial score (nSPS) is 11.5. The van der Waals surface area contributed by atoms with E-state index >= 15 is 0 Å². The third-order valence-corrected chi connectivity index (χ3v) is 2.95. The van der Waals surface area contributed by atoms with Gasteiger partial charge in [-0.1, -0.05) is 6.07 Å². The Balaban J connectivity index is 1.75. The third kappa shape index (κ3) is 5.40. The highest BCUT2D eigenvalue weighted by Crippen LogP contribution is 2.19. The van der Waals surface area contributed by atoms with Gasteiger partial charge in [-0.15, -0.1) is 0 Å². The zero-order chi connectivity index (χ0) is 17.4. The van der Waals surface area contributed by atoms with Gasteiger partial charge in [-0.05, 0) is 24.3 Å². The van der Waals surface area contributed by atoms with E-state index in [-0.39, 0.29) is 19.0 Å². The molecule has 0 spiro atoms. The summed E-state index contributed by atoms with van der Waals surface area (Å²) in [6.07, 6.45) is 0.588. The van der Waals surface area contributed by atoms with Crippen LogP contribution in [0.15, 0.2) is 42.6 Å². The quantitative estimate of drug-likeness (QED) is 0.717. The number of ether oxygens (including phenoxy) is 2. The van der Waals surface area contributed by atoms with Gasteiger partial charge in [-0.25, -0.2) is 14.2 Å². The Labute approximate surface area is 138 Å². The number of aliphatic hydroxyl groups is 1. The van der Waals surface area contributed by atoms with Gasteiger partial charge in [0.2, 0.25) is 5.88 Å². The number of rotatable bonds is 7. The molecule has 0 saturated heterocycles. The molecule has 0 saturated carbocycles. The van der Waals surface area contributed by atoms with Crippen LogP contribution < -0.4 is 20.1 Å². The molecule has 24 heavy (non-hydrogen) atoms. The van der Waals surface area contributed by atoms with Gasteiger partial charge in [0.25, 0.3) is 0 Å². The fourth-order valence-corrected chi connectivity index (χ4v) is 1.83. The molecule has 0 aliphatic rings. The van der Waals surface area contributed by atoms with Crippen molar-refractivity contribution in [3.05, 3.63) is 48.4 Å². The minimum absolute atomic E-state index is 0.0380. The van der Waals surface area contributed by atoms with Crippen LogP contribution in [0.4, 0.5) is 14.9 Å². The van der Waals surface area contributed by atoms with Crippen molar-refractivity contribution in [2.75, 3.05) is 25.6 Å². The molecule has 1 aromatic carbocycles. The van der Waals surface area contributed by atoms with Crippen molar-refractivity contribution >= 4 is 11.7 Å². The number of aromatic nitrogens is 1. The zero-order valence-electron chi connectivity index (χ0n) is 13.0. The Morgan fingerprint density at radius 3 is 2.96 bits per heavy atom. The maximum Gasteiger partial charge on any atom is 0.319 e. The van der Waals surface area contributed by atoms with Crippen LogP contribution in [0.25, 0.3) is 0 Å². The van der Waals surface area contributed by atoms with Gasteiger partial charge in [-0.2, -0.15) is 0 Å². The number of nitrogens with one attached hydrogen (secondary N) is 2. The van der Waals surface area contributed by atoms with E-state index in [4.69, 9.17) is 9.47 Å². The molecule has 0 unspecified atom stereocenters. The van der Waals surface area contributed by atoms with Crippen LogP contribution in [0.1, 0.15) is 0 Å². The number of methoxy groups -OCH3 is 1. The summed E-state index contributed by atoms with van der Waals surface area (Å²) in [5.74, 6) is 0.158. The molecule has 7 nitrogen and oxygen atoms in total. The molecule has 8 heteroatoms. The molecule has 0 aliphatic heterocycles. The minimum Gasteiger partial charge on any atom is -0.491 e. The first-order valence-corrected chi connectivity index (χ1v) is 7.19. The molecule has 2 rings (SSSR count). The van der Waals surface area contributed by atoms with E-state index < -0.39 is 18.0 Å². The topological polar surface area (TPSA) is 92.7 Å². The molecular formula is C16H18FN3O4. The first-order valence-electron chi connectivity index (χ1n) is 7.19. The van der Waals surface area contributed by atoms with Crippen molar-refractivity contribution in [2.45, 2.75) is 6.10 Å². The highest BCUT2D eigenvalue weighted by Gasteiger charge is 2.11. The van der Waals surface area contributed by atoms with Crippen LogP contribution >= 0.6 is 0 Å². The molecule has 1 atom stereocenters. The number of aliphatic hydroxyl groups excluding tert-OH is 1. The second kappa shape index (κ2) is 8.68. The summed E-state index contributed by atoms with van der Waals surface area (Å²) in [5, 5.41) is 14.8. The number of nitrogens with zero attached hydrogens (tertiary/aromatic N) is 1. The van der Waals surface area contributed by atoms with Crippen LogP contribution in [0.5, 0.6) is 11.6 Å². The van der Waals surface area contributed by atoms with Gasteiger partial charge < -0.3 is 25.2 Å². The molecule has 3 N–H and O–H groups in total. The van der Waals surface area contributed by atoms with E-state index in [0.717, 1.165) is 0 Å². The Morgan fingerprint density at radius 1 is 1.38 bits per heavy atom. The van der Waals surface area contributed by atoms with E-state index in [1.165, 1.54) is 31.5 Å². The maximum atomic E-state index is 13.0. The van der Waals surface area contributed by atoms with Crippen LogP contribution in [0, 0.1) is 5.82 Å². The van der Waals surface area contributed by atoms with Crippen LogP contribution in [-0.2, 0) is 0 Å². The second-order valence-electron chi connectivity index (χ2n) is 4.82. The fraction of sp³-hybridized carbons (Fsp3) is 0.250. The molecule has 128 valence electrons. The predicted octanol–water partition coefficient (Wildman–Crippen LogP) is 1.79. The Hall–Kier alpha value is -2.87. The summed E-state index contributed by atoms with van der Waals surface area (Å²) in [7, 11) is 1.44. The van der Waals surface area contributed by atoms with Gasteiger partial charge in [0.15, 0.2) is 0 Å². The van der Waals surface area contributed by atoms with Crippen molar-refractivity contribution in [1.29, 1.82) is 0 Å². The van der Waals surface area contributed by atoms with E-state index in [1.54, 1.807) is 18.2 Å². The summed E-state index contributed by atoms with van der Waals surface area (Å²) in [5.41, 5.74) is 0.406. The first-order chi connectivity index (χ1) is 11.6. The number of urea groups is 1. The number of anilines is 1. The number of carbonyl (C=O) groups excluding carboxylic acids is 1. The summed E-state index contributed by atoms with van der Waals surface area (Å²) >= 11 is 0. The van der Waals surface area contributed by atoms with E-state index in [9.17, 15) is 14.3 Å². The lowest BCUT2D eigenvalue weighted by Crippen LogP contribution is -2.37. The van der Waals surface area contributed by atoms with Gasteiger partial charge >= 0.3 is 6.03 Å². The predicted molar refractivity (Wildman–Crippen MR) is 85.7 cm³/mol. The van der Waals surface area contributed by atoms with E-state index in [1.807, 2.05) is 0 Å². The molecular weight excluding hydrogens is 317 g/mol. The van der Waals surface area contributed by atoms with Crippen LogP contribution in [0.3, 0.4) is 0 Å². The Bertz CT molecular complexity index is 684. The van der Waals surface area contributed by atoms with Gasteiger partial charge in [-0.3, -0.25) is 0 Å². The van der Waals surface area contributed by atoms with Crippen molar-refractivity contribution in [2.24, 2.45) is 0 Å². The monoisotopic (exact) mass is 335 g/mol. The molecule has 0 radical (unpaired) electrons. The lowest BCUT2D eigenvalue weighted by Gasteiger charge is -2.14. The van der Waals surface area contributed by atoms with E-state index in [0.29, 0.717) is 11.4 Å². The second-order valence-corrected chi connectivity index (χ2v) is 4.82. The maximum absolute atomic E-state index is 13.0. The molecule has 2 aromatic rings. The zero-order valence-corrected chi connectivity index (χ0v) is 13.0. The minimum atomic E-state index is -0.949. The average molecular weight is 335 g/mol. The standard InChI is InChI=1S/C16H18FN3O4/c1-23-15-14(6-3-7-18-15)20-16(22)19-9-12(21)10-24-13-5-2-4-11(17)8-13/h2-8,12,21H,9-10H2,1H3,(H2,19,20,22)/t12-/m0/s1. The summed E-state index contributed by atoms with van der Waals surface area (Å²) in [6, 6.07) is 8.35. The van der Waals surface area contributed by atoms with Gasteiger partial charge in [0.1, 0.15) is 30.0 Å². The van der Waals surface area contributed by atoms with Crippen molar-refractivity contribution in [1.82, 2.24) is 10.3 Å². The Morgan fingerprint density at radius 2 is 2.21 bits per heavy atom. The summed E-state index contributed by atoms with van der Waals surface area (Å²) in [6.45, 7) is -0.121. The van der Waals surface area contributed by atoms with Crippen LogP contribution in [-0.4, -0.2) is 42.5 Å². The third-order valence-electron chi connectivity index (χ3n) is 2.95. The molecule has 0 bridgehead atoms. The SMILES string of the molecule is COc1ncccc1NC(=O)NC[C@H](O)COc1cccc(F)c1. The number of hydrogen-bond donors (Lipinski definition) is 3. The molecule has 1 aromatic heterocycles. The number of carbonyl (C=O) groups is 1. The smallest absolute Gasteiger partial charge is 0.319 e. The average Bonchev–Trinajstić information content (AvgIpc) is 2.58. The number of amides is 2. The lowest BCUT2D eigenvalue weighted by molar-refractivity contribution is 0.108. The summed E-state index contributed by atoms with van der Waals surface area (Å²) in [4.78, 5) is 15.7. The molecule has 0 aliphatic carbocycles. The van der Waals surface area contributed by atoms with Gasteiger partial charge in [0.05, 0.1) is 7.11 Å². The van der Waals surface area contributed by atoms with Crippen molar-refractivity contribution < 1.29 is 23.8 Å². The molecule has 2 amide bonds. The number of hydrogen-bond acceptors (Lipinski definition) is 5. The number of halogens is 1. The number of benzene rings is 1. The molecule has 1 heterocycles. The largest absolute Gasteiger partial charge is 0.491 e. The lowest BCUT2D eigenvalue weighted by atomic mass is 10.3. The highest BCUT2D eigenvalue weighted by atomic mass is 19.1. The molecule has 0 fully saturated rings. The van der Waals surface area contributed by atoms with Gasteiger partial charge in [0, 0.05) is 18.8 Å². The van der Waals surface area contributed by atoms with Crippen LogP contribution in [0.2, 0.25) is 0 Å². The Kier molecular flexibility index (Phi) is 6.32. The van der Waals surface area contributed by atoms with Crippen molar-refractivity contribution in [3.63, 3.8) is 0 Å². The van der Waals surface area contributed by atoms with Crippen molar-refractivity contribution in [3.8, 4) is 11.6 Å².